The SMILES string of the molecule is N#Cc1nc(-c2ncn(-c3c(Cl)cc(C(F)(F)F)cc3Cl)n2)[nH]c1Br. The molecule has 0 aliphatic heterocycles. The largest absolute Gasteiger partial charge is 0.416 e. The lowest BCUT2D eigenvalue weighted by atomic mass is 10.2. The average Bonchev–Trinajstić information content (AvgIpc) is 3.12. The standard InChI is InChI=1S/C13H4BrCl2F3N6/c14-10-8(3-20)22-12(23-10)11-21-4-25(24-11)9-6(15)1-5(2-7(9)16)13(17,18)19/h1-2,4H,(H,22,23). The molecule has 0 aliphatic carbocycles. The number of imidazole rings is 1. The molecular weight excluding hydrogens is 448 g/mol. The minimum Gasteiger partial charge on any atom is -0.329 e. The van der Waals surface area contributed by atoms with Gasteiger partial charge in [-0.15, -0.1) is 5.10 Å². The molecule has 0 saturated heterocycles. The predicted molar refractivity (Wildman–Crippen MR) is 86.4 cm³/mol. The topological polar surface area (TPSA) is 83.2 Å². The Morgan fingerprint density at radius 1 is 1.24 bits per heavy atom. The first-order valence-electron chi connectivity index (χ1n) is 6.35. The molecule has 3 rings (SSSR count). The van der Waals surface area contributed by atoms with E-state index in [1.807, 2.05) is 6.07 Å². The number of hydrogen-bond acceptors (Lipinski definition) is 4. The van der Waals surface area contributed by atoms with Crippen molar-refractivity contribution in [3.63, 3.8) is 0 Å². The van der Waals surface area contributed by atoms with Crippen molar-refractivity contribution >= 4 is 39.1 Å². The van der Waals surface area contributed by atoms with Crippen LogP contribution >= 0.6 is 39.1 Å². The molecule has 0 aliphatic rings. The zero-order valence-electron chi connectivity index (χ0n) is 11.7. The molecule has 2 aromatic heterocycles. The van der Waals surface area contributed by atoms with Crippen molar-refractivity contribution in [3.8, 4) is 23.4 Å². The number of H-pyrrole nitrogens is 1. The van der Waals surface area contributed by atoms with E-state index in [-0.39, 0.29) is 33.1 Å². The van der Waals surface area contributed by atoms with Crippen LogP contribution in [0.1, 0.15) is 11.3 Å². The van der Waals surface area contributed by atoms with Gasteiger partial charge in [-0.3, -0.25) is 0 Å². The van der Waals surface area contributed by atoms with Gasteiger partial charge < -0.3 is 4.98 Å². The first-order chi connectivity index (χ1) is 11.7. The van der Waals surface area contributed by atoms with Crippen LogP contribution in [0.3, 0.4) is 0 Å². The number of halogens is 6. The number of rotatable bonds is 2. The minimum atomic E-state index is -4.58. The normalized spacial score (nSPS) is 11.6. The molecule has 2 heterocycles. The maximum atomic E-state index is 12.8. The number of nitrogens with zero attached hydrogens (tertiary/aromatic N) is 5. The monoisotopic (exact) mass is 450 g/mol. The molecule has 1 aromatic carbocycles. The van der Waals surface area contributed by atoms with Crippen LogP contribution in [0.4, 0.5) is 13.2 Å². The van der Waals surface area contributed by atoms with Gasteiger partial charge in [-0.2, -0.15) is 18.4 Å². The molecule has 1 N–H and O–H groups in total. The van der Waals surface area contributed by atoms with E-state index in [0.29, 0.717) is 4.60 Å². The smallest absolute Gasteiger partial charge is 0.329 e. The van der Waals surface area contributed by atoms with Crippen LogP contribution in [0.5, 0.6) is 0 Å². The van der Waals surface area contributed by atoms with E-state index in [9.17, 15) is 13.2 Å². The van der Waals surface area contributed by atoms with Crippen LogP contribution in [-0.4, -0.2) is 24.7 Å². The Morgan fingerprint density at radius 2 is 1.88 bits per heavy atom. The molecule has 0 amide bonds. The molecule has 0 atom stereocenters. The number of hydrogen-bond donors (Lipinski definition) is 1. The molecule has 0 bridgehead atoms. The summed E-state index contributed by atoms with van der Waals surface area (Å²) >= 11 is 15.0. The highest BCUT2D eigenvalue weighted by Crippen LogP contribution is 2.37. The lowest BCUT2D eigenvalue weighted by molar-refractivity contribution is -0.137. The van der Waals surface area contributed by atoms with Crippen LogP contribution in [0, 0.1) is 11.3 Å². The van der Waals surface area contributed by atoms with E-state index in [0.717, 1.165) is 16.8 Å². The third kappa shape index (κ3) is 3.35. The molecule has 6 nitrogen and oxygen atoms in total. The van der Waals surface area contributed by atoms with Crippen LogP contribution in [0.2, 0.25) is 10.0 Å². The molecule has 0 saturated carbocycles. The first-order valence-corrected chi connectivity index (χ1v) is 7.90. The molecule has 0 radical (unpaired) electrons. The molecule has 128 valence electrons. The molecule has 12 heteroatoms. The summed E-state index contributed by atoms with van der Waals surface area (Å²) in [6.07, 6.45) is -3.36. The number of alkyl halides is 3. The molecular formula is C13H4BrCl2F3N6. The Bertz CT molecular complexity index is 981. The predicted octanol–water partition coefficient (Wildman–Crippen LogP) is 4.62. The second-order valence-electron chi connectivity index (χ2n) is 4.66. The highest BCUT2D eigenvalue weighted by atomic mass is 79.9. The maximum Gasteiger partial charge on any atom is 0.416 e. The van der Waals surface area contributed by atoms with Gasteiger partial charge in [0.2, 0.25) is 5.82 Å². The fourth-order valence-electron chi connectivity index (χ4n) is 1.96. The van der Waals surface area contributed by atoms with Gasteiger partial charge in [0.1, 0.15) is 22.7 Å². The lowest BCUT2D eigenvalue weighted by Gasteiger charge is -2.11. The Labute approximate surface area is 156 Å². The molecule has 0 fully saturated rings. The number of nitriles is 1. The second-order valence-corrected chi connectivity index (χ2v) is 6.27. The van der Waals surface area contributed by atoms with E-state index >= 15 is 0 Å². The summed E-state index contributed by atoms with van der Waals surface area (Å²) in [7, 11) is 0. The number of aromatic amines is 1. The number of nitrogens with one attached hydrogen (secondary N) is 1. The Kier molecular flexibility index (Phi) is 4.49. The fraction of sp³-hybridized carbons (Fsp3) is 0.0769. The van der Waals surface area contributed by atoms with Gasteiger partial charge in [-0.1, -0.05) is 23.2 Å². The quantitative estimate of drug-likeness (QED) is 0.616. The van der Waals surface area contributed by atoms with Gasteiger partial charge in [0, 0.05) is 0 Å². The second kappa shape index (κ2) is 6.33. The van der Waals surface area contributed by atoms with E-state index in [2.05, 4.69) is 36.0 Å². The highest BCUT2D eigenvalue weighted by molar-refractivity contribution is 9.10. The Morgan fingerprint density at radius 3 is 2.40 bits per heavy atom. The summed E-state index contributed by atoms with van der Waals surface area (Å²) in [5, 5.41) is 12.5. The summed E-state index contributed by atoms with van der Waals surface area (Å²) in [6, 6.07) is 3.36. The minimum absolute atomic E-state index is 0.0428. The average molecular weight is 452 g/mol. The van der Waals surface area contributed by atoms with Gasteiger partial charge in [0.05, 0.1) is 15.6 Å². The van der Waals surface area contributed by atoms with Crippen molar-refractivity contribution in [3.05, 3.63) is 44.4 Å². The van der Waals surface area contributed by atoms with Crippen LogP contribution < -0.4 is 0 Å². The van der Waals surface area contributed by atoms with E-state index in [4.69, 9.17) is 28.5 Å². The first kappa shape index (κ1) is 17.7. The summed E-state index contributed by atoms with van der Waals surface area (Å²) in [4.78, 5) is 10.7. The van der Waals surface area contributed by atoms with Crippen LogP contribution in [-0.2, 0) is 6.18 Å². The zero-order valence-corrected chi connectivity index (χ0v) is 14.8. The summed E-state index contributed by atoms with van der Waals surface area (Å²) in [5.41, 5.74) is -0.821. The van der Waals surface area contributed by atoms with Crippen molar-refractivity contribution in [2.45, 2.75) is 6.18 Å². The van der Waals surface area contributed by atoms with Crippen molar-refractivity contribution in [2.75, 3.05) is 0 Å². The highest BCUT2D eigenvalue weighted by Gasteiger charge is 2.32. The fourth-order valence-corrected chi connectivity index (χ4v) is 2.98. The van der Waals surface area contributed by atoms with Crippen molar-refractivity contribution in [2.24, 2.45) is 0 Å². The molecule has 0 spiro atoms. The zero-order chi connectivity index (χ0) is 18.4. The summed E-state index contributed by atoms with van der Waals surface area (Å²) in [5.74, 6) is 0.301. The van der Waals surface area contributed by atoms with E-state index < -0.39 is 11.7 Å². The van der Waals surface area contributed by atoms with Gasteiger partial charge in [-0.05, 0) is 28.1 Å². The number of aromatic nitrogens is 5. The van der Waals surface area contributed by atoms with Crippen molar-refractivity contribution in [1.29, 1.82) is 5.26 Å². The van der Waals surface area contributed by atoms with Crippen molar-refractivity contribution in [1.82, 2.24) is 24.7 Å². The van der Waals surface area contributed by atoms with E-state index in [1.165, 1.54) is 6.33 Å². The van der Waals surface area contributed by atoms with Crippen LogP contribution in [0.25, 0.3) is 17.3 Å². The van der Waals surface area contributed by atoms with Crippen molar-refractivity contribution < 1.29 is 13.2 Å². The summed E-state index contributed by atoms with van der Waals surface area (Å²) < 4.78 is 39.8. The van der Waals surface area contributed by atoms with Gasteiger partial charge in [0.25, 0.3) is 0 Å². The summed E-state index contributed by atoms with van der Waals surface area (Å²) in [6.45, 7) is 0. The third-order valence-electron chi connectivity index (χ3n) is 3.04. The molecule has 25 heavy (non-hydrogen) atoms. The maximum absolute atomic E-state index is 12.8. The lowest BCUT2D eigenvalue weighted by Crippen LogP contribution is -2.07. The third-order valence-corrected chi connectivity index (χ3v) is 4.19. The number of benzene rings is 1. The van der Waals surface area contributed by atoms with Gasteiger partial charge >= 0.3 is 6.18 Å². The van der Waals surface area contributed by atoms with Gasteiger partial charge in [-0.25, -0.2) is 14.6 Å². The van der Waals surface area contributed by atoms with E-state index in [1.54, 1.807) is 0 Å². The molecule has 3 aromatic rings. The Balaban J connectivity index is 2.04. The van der Waals surface area contributed by atoms with Crippen LogP contribution in [0.15, 0.2) is 23.1 Å². The van der Waals surface area contributed by atoms with Gasteiger partial charge in [0.15, 0.2) is 11.5 Å². The Hall–Kier alpha value is -2.09. The molecule has 0 unspecified atom stereocenters.